The van der Waals surface area contributed by atoms with Crippen molar-refractivity contribution in [2.75, 3.05) is 5.32 Å². The van der Waals surface area contributed by atoms with E-state index in [2.05, 4.69) is 40.9 Å². The van der Waals surface area contributed by atoms with Gasteiger partial charge in [-0.3, -0.25) is 4.79 Å². The summed E-state index contributed by atoms with van der Waals surface area (Å²) in [4.78, 5) is 12.2. The van der Waals surface area contributed by atoms with E-state index in [0.717, 1.165) is 17.7 Å². The van der Waals surface area contributed by atoms with Gasteiger partial charge in [0, 0.05) is 14.8 Å². The second-order valence-electron chi connectivity index (χ2n) is 4.92. The molecule has 104 valence electrons. The lowest BCUT2D eigenvalue weighted by Crippen LogP contribution is -2.13. The molecule has 0 bridgehead atoms. The molecule has 0 saturated carbocycles. The number of halogens is 1. The molecule has 0 heterocycles. The minimum absolute atomic E-state index is 0.0589. The van der Waals surface area contributed by atoms with Gasteiger partial charge >= 0.3 is 0 Å². The maximum Gasteiger partial charge on any atom is 0.255 e. The van der Waals surface area contributed by atoms with Crippen LogP contribution in [-0.4, -0.2) is 5.91 Å². The number of rotatable bonds is 3. The third-order valence-electron chi connectivity index (χ3n) is 3.38. The molecule has 0 aromatic heterocycles. The van der Waals surface area contributed by atoms with Gasteiger partial charge in [-0.1, -0.05) is 19.1 Å². The van der Waals surface area contributed by atoms with Crippen LogP contribution in [0.3, 0.4) is 0 Å². The van der Waals surface area contributed by atoms with E-state index < -0.39 is 0 Å². The molecule has 0 fully saturated rings. The molecule has 1 amide bonds. The van der Waals surface area contributed by atoms with Crippen molar-refractivity contribution in [3.05, 3.63) is 62.2 Å². The van der Waals surface area contributed by atoms with Crippen LogP contribution in [0.1, 0.15) is 34.0 Å². The highest BCUT2D eigenvalue weighted by Crippen LogP contribution is 2.22. The van der Waals surface area contributed by atoms with Crippen LogP contribution in [0.2, 0.25) is 0 Å². The topological polar surface area (TPSA) is 29.1 Å². The molecule has 20 heavy (non-hydrogen) atoms. The quantitative estimate of drug-likeness (QED) is 0.769. The van der Waals surface area contributed by atoms with Crippen LogP contribution >= 0.6 is 22.6 Å². The van der Waals surface area contributed by atoms with Crippen molar-refractivity contribution in [1.29, 1.82) is 0 Å². The smallest absolute Gasteiger partial charge is 0.255 e. The summed E-state index contributed by atoms with van der Waals surface area (Å²) in [7, 11) is 0. The van der Waals surface area contributed by atoms with E-state index in [1.807, 2.05) is 44.2 Å². The predicted molar refractivity (Wildman–Crippen MR) is 92.4 cm³/mol. The van der Waals surface area contributed by atoms with Crippen molar-refractivity contribution in [3.8, 4) is 0 Å². The summed E-state index contributed by atoms with van der Waals surface area (Å²) < 4.78 is 1.21. The van der Waals surface area contributed by atoms with Crippen LogP contribution in [0.4, 0.5) is 5.69 Å². The van der Waals surface area contributed by atoms with E-state index in [1.54, 1.807) is 0 Å². The molecule has 2 aromatic rings. The Morgan fingerprint density at radius 1 is 1.10 bits per heavy atom. The molecular formula is C17H18INO. The van der Waals surface area contributed by atoms with E-state index in [0.29, 0.717) is 5.56 Å². The Labute approximate surface area is 133 Å². The molecule has 0 aliphatic heterocycles. The summed E-state index contributed by atoms with van der Waals surface area (Å²) in [5, 5.41) is 2.99. The Morgan fingerprint density at radius 2 is 1.75 bits per heavy atom. The van der Waals surface area contributed by atoms with Gasteiger partial charge in [-0.05, 0) is 83.8 Å². The van der Waals surface area contributed by atoms with Gasteiger partial charge < -0.3 is 5.32 Å². The molecule has 2 aromatic carbocycles. The van der Waals surface area contributed by atoms with Crippen LogP contribution in [0.15, 0.2) is 36.4 Å². The summed E-state index contributed by atoms with van der Waals surface area (Å²) in [5.74, 6) is -0.0589. The first-order valence-electron chi connectivity index (χ1n) is 6.68. The maximum absolute atomic E-state index is 12.2. The summed E-state index contributed by atoms with van der Waals surface area (Å²) in [6.07, 6.45) is 0.983. The van der Waals surface area contributed by atoms with Gasteiger partial charge in [-0.2, -0.15) is 0 Å². The second kappa shape index (κ2) is 6.39. The van der Waals surface area contributed by atoms with Crippen molar-refractivity contribution < 1.29 is 4.79 Å². The van der Waals surface area contributed by atoms with Crippen molar-refractivity contribution in [3.63, 3.8) is 0 Å². The zero-order valence-electron chi connectivity index (χ0n) is 12.0. The molecule has 0 aliphatic carbocycles. The number of amides is 1. The molecule has 0 spiro atoms. The highest BCUT2D eigenvalue weighted by atomic mass is 127. The Balaban J connectivity index is 2.20. The molecule has 0 atom stereocenters. The van der Waals surface area contributed by atoms with Crippen LogP contribution in [0, 0.1) is 17.4 Å². The average Bonchev–Trinajstić information content (AvgIpc) is 2.44. The van der Waals surface area contributed by atoms with Gasteiger partial charge in [0.1, 0.15) is 0 Å². The van der Waals surface area contributed by atoms with Gasteiger partial charge in [-0.25, -0.2) is 0 Å². The minimum atomic E-state index is -0.0589. The molecule has 0 unspecified atom stereocenters. The first-order valence-corrected chi connectivity index (χ1v) is 7.76. The summed E-state index contributed by atoms with van der Waals surface area (Å²) in [6.45, 7) is 6.16. The normalized spacial score (nSPS) is 10.4. The van der Waals surface area contributed by atoms with Gasteiger partial charge in [0.25, 0.3) is 5.91 Å². The number of aryl methyl sites for hydroxylation is 3. The third-order valence-corrected chi connectivity index (χ3v) is 4.54. The number of nitrogens with one attached hydrogen (secondary N) is 1. The third kappa shape index (κ3) is 3.39. The fraction of sp³-hybridized carbons (Fsp3) is 0.235. The SMILES string of the molecule is CCc1ccc(C(=O)Nc2cc(C)c(I)cc2C)cc1. The number of anilines is 1. The maximum atomic E-state index is 12.2. The van der Waals surface area contributed by atoms with E-state index in [9.17, 15) is 4.79 Å². The fourth-order valence-electron chi connectivity index (χ4n) is 2.00. The van der Waals surface area contributed by atoms with Crippen molar-refractivity contribution in [2.45, 2.75) is 27.2 Å². The van der Waals surface area contributed by atoms with Crippen molar-refractivity contribution in [1.82, 2.24) is 0 Å². The summed E-state index contributed by atoms with van der Waals surface area (Å²) in [6, 6.07) is 11.9. The average molecular weight is 379 g/mol. The Kier molecular flexibility index (Phi) is 4.81. The Morgan fingerprint density at radius 3 is 2.35 bits per heavy atom. The van der Waals surface area contributed by atoms with Crippen molar-refractivity contribution in [2.24, 2.45) is 0 Å². The molecule has 3 heteroatoms. The summed E-state index contributed by atoms with van der Waals surface area (Å²) in [5.41, 5.74) is 5.07. The number of hydrogen-bond donors (Lipinski definition) is 1. The monoisotopic (exact) mass is 379 g/mol. The number of hydrogen-bond acceptors (Lipinski definition) is 1. The lowest BCUT2D eigenvalue weighted by Gasteiger charge is -2.11. The van der Waals surface area contributed by atoms with Gasteiger partial charge in [0.2, 0.25) is 0 Å². The van der Waals surface area contributed by atoms with E-state index in [1.165, 1.54) is 14.7 Å². The summed E-state index contributed by atoms with van der Waals surface area (Å²) >= 11 is 2.31. The number of carbonyl (C=O) groups is 1. The van der Waals surface area contributed by atoms with Crippen LogP contribution in [-0.2, 0) is 6.42 Å². The van der Waals surface area contributed by atoms with Crippen LogP contribution < -0.4 is 5.32 Å². The highest BCUT2D eigenvalue weighted by molar-refractivity contribution is 14.1. The number of carbonyl (C=O) groups excluding carboxylic acids is 1. The first-order chi connectivity index (χ1) is 9.51. The highest BCUT2D eigenvalue weighted by Gasteiger charge is 2.09. The van der Waals surface area contributed by atoms with E-state index in [-0.39, 0.29) is 5.91 Å². The molecule has 2 rings (SSSR count). The molecule has 0 aliphatic rings. The largest absolute Gasteiger partial charge is 0.322 e. The predicted octanol–water partition coefficient (Wildman–Crippen LogP) is 4.72. The first kappa shape index (κ1) is 15.0. The molecular weight excluding hydrogens is 361 g/mol. The van der Waals surface area contributed by atoms with E-state index in [4.69, 9.17) is 0 Å². The molecule has 2 nitrogen and oxygen atoms in total. The Hall–Kier alpha value is -1.36. The Bertz CT molecular complexity index is 632. The number of benzene rings is 2. The lowest BCUT2D eigenvalue weighted by atomic mass is 10.1. The molecule has 0 radical (unpaired) electrons. The second-order valence-corrected chi connectivity index (χ2v) is 6.08. The van der Waals surface area contributed by atoms with Crippen molar-refractivity contribution >= 4 is 34.2 Å². The van der Waals surface area contributed by atoms with Gasteiger partial charge in [0.05, 0.1) is 0 Å². The van der Waals surface area contributed by atoms with E-state index >= 15 is 0 Å². The van der Waals surface area contributed by atoms with Crippen LogP contribution in [0.5, 0.6) is 0 Å². The molecule has 0 saturated heterocycles. The zero-order chi connectivity index (χ0) is 14.7. The van der Waals surface area contributed by atoms with Gasteiger partial charge in [-0.15, -0.1) is 0 Å². The zero-order valence-corrected chi connectivity index (χ0v) is 14.1. The fourth-order valence-corrected chi connectivity index (χ4v) is 2.62. The lowest BCUT2D eigenvalue weighted by molar-refractivity contribution is 0.102. The molecule has 1 N–H and O–H groups in total. The van der Waals surface area contributed by atoms with Gasteiger partial charge in [0.15, 0.2) is 0 Å². The van der Waals surface area contributed by atoms with Crippen LogP contribution in [0.25, 0.3) is 0 Å². The standard InChI is InChI=1S/C17H18INO/c1-4-13-5-7-14(8-6-13)17(20)19-16-10-11(2)15(18)9-12(16)3/h5-10H,4H2,1-3H3,(H,19,20). The minimum Gasteiger partial charge on any atom is -0.322 e.